The molecule has 0 saturated heterocycles. The number of aliphatic carboxylic acids is 2. The molecule has 0 spiro atoms. The third-order valence-electron chi connectivity index (χ3n) is 4.46. The van der Waals surface area contributed by atoms with Crippen LogP contribution in [0.25, 0.3) is 0 Å². The molecule has 2 rings (SSSR count). The standard InChI is InChI=1S/C12H18O4/c13-10(14)8-4-1-2-5-9(8)12(11(15)16)6-3-7-12/h8-9H,1-7H2,(H,13,14)(H,15,16). The maximum absolute atomic E-state index is 11.4. The van der Waals surface area contributed by atoms with Crippen molar-refractivity contribution in [3.05, 3.63) is 0 Å². The summed E-state index contributed by atoms with van der Waals surface area (Å²) < 4.78 is 0. The number of hydrogen-bond donors (Lipinski definition) is 2. The van der Waals surface area contributed by atoms with Gasteiger partial charge in [-0.15, -0.1) is 0 Å². The molecule has 0 amide bonds. The second-order valence-electron chi connectivity index (χ2n) is 5.15. The van der Waals surface area contributed by atoms with Gasteiger partial charge in [-0.1, -0.05) is 19.3 Å². The summed E-state index contributed by atoms with van der Waals surface area (Å²) >= 11 is 0. The van der Waals surface area contributed by atoms with Gasteiger partial charge in [0, 0.05) is 0 Å². The number of rotatable bonds is 3. The maximum atomic E-state index is 11.4. The molecular weight excluding hydrogens is 208 g/mol. The summed E-state index contributed by atoms with van der Waals surface area (Å²) in [5.74, 6) is -2.18. The van der Waals surface area contributed by atoms with E-state index in [1.54, 1.807) is 0 Å². The summed E-state index contributed by atoms with van der Waals surface area (Å²) in [6.45, 7) is 0. The molecule has 2 unspecified atom stereocenters. The molecule has 2 atom stereocenters. The SMILES string of the molecule is O=C(O)C1CCCCC1C1(C(=O)O)CCC1. The van der Waals surface area contributed by atoms with Crippen molar-refractivity contribution in [3.8, 4) is 0 Å². The van der Waals surface area contributed by atoms with Crippen LogP contribution in [0.2, 0.25) is 0 Å². The lowest BCUT2D eigenvalue weighted by Crippen LogP contribution is -2.49. The largest absolute Gasteiger partial charge is 0.481 e. The van der Waals surface area contributed by atoms with Crippen LogP contribution in [-0.2, 0) is 9.59 Å². The van der Waals surface area contributed by atoms with E-state index in [2.05, 4.69) is 0 Å². The molecule has 2 fully saturated rings. The van der Waals surface area contributed by atoms with Gasteiger partial charge in [0.15, 0.2) is 0 Å². The first kappa shape index (κ1) is 11.4. The van der Waals surface area contributed by atoms with Crippen LogP contribution in [0.5, 0.6) is 0 Å². The van der Waals surface area contributed by atoms with Gasteiger partial charge in [0.1, 0.15) is 0 Å². The molecule has 0 radical (unpaired) electrons. The molecule has 0 heterocycles. The predicted octanol–water partition coefficient (Wildman–Crippen LogP) is 2.13. The second kappa shape index (κ2) is 4.07. The minimum absolute atomic E-state index is 0.148. The molecule has 0 aromatic heterocycles. The average molecular weight is 226 g/mol. The molecule has 0 bridgehead atoms. The monoisotopic (exact) mass is 226 g/mol. The molecule has 2 aliphatic carbocycles. The highest BCUT2D eigenvalue weighted by molar-refractivity contribution is 5.78. The summed E-state index contributed by atoms with van der Waals surface area (Å²) in [5.41, 5.74) is -0.719. The molecule has 0 aromatic carbocycles. The normalized spacial score (nSPS) is 32.8. The van der Waals surface area contributed by atoms with Gasteiger partial charge in [-0.05, 0) is 31.6 Å². The Morgan fingerprint density at radius 1 is 1.00 bits per heavy atom. The average Bonchev–Trinajstić information content (AvgIpc) is 2.15. The fraction of sp³-hybridized carbons (Fsp3) is 0.833. The van der Waals surface area contributed by atoms with Crippen molar-refractivity contribution in [3.63, 3.8) is 0 Å². The Kier molecular flexibility index (Phi) is 2.91. The molecule has 2 aliphatic rings. The van der Waals surface area contributed by atoms with Gasteiger partial charge in [-0.2, -0.15) is 0 Å². The van der Waals surface area contributed by atoms with E-state index in [0.717, 1.165) is 25.7 Å². The summed E-state index contributed by atoms with van der Waals surface area (Å²) in [6.07, 6.45) is 5.56. The lowest BCUT2D eigenvalue weighted by molar-refractivity contribution is -0.168. The molecule has 0 aromatic rings. The van der Waals surface area contributed by atoms with E-state index >= 15 is 0 Å². The topological polar surface area (TPSA) is 74.6 Å². The smallest absolute Gasteiger partial charge is 0.309 e. The van der Waals surface area contributed by atoms with Crippen LogP contribution in [0.4, 0.5) is 0 Å². The van der Waals surface area contributed by atoms with Gasteiger partial charge in [0.2, 0.25) is 0 Å². The zero-order chi connectivity index (χ0) is 11.8. The fourth-order valence-corrected chi connectivity index (χ4v) is 3.39. The van der Waals surface area contributed by atoms with Gasteiger partial charge in [0.05, 0.1) is 11.3 Å². The second-order valence-corrected chi connectivity index (χ2v) is 5.15. The molecular formula is C12H18O4. The molecule has 4 nitrogen and oxygen atoms in total. The van der Waals surface area contributed by atoms with E-state index < -0.39 is 23.3 Å². The Hall–Kier alpha value is -1.06. The summed E-state index contributed by atoms with van der Waals surface area (Å²) in [5, 5.41) is 18.5. The first-order valence-electron chi connectivity index (χ1n) is 6.04. The van der Waals surface area contributed by atoms with E-state index in [1.165, 1.54) is 0 Å². The van der Waals surface area contributed by atoms with Gasteiger partial charge >= 0.3 is 11.9 Å². The van der Waals surface area contributed by atoms with Crippen molar-refractivity contribution in [2.45, 2.75) is 44.9 Å². The van der Waals surface area contributed by atoms with Crippen LogP contribution >= 0.6 is 0 Å². The van der Waals surface area contributed by atoms with Gasteiger partial charge < -0.3 is 10.2 Å². The Balaban J connectivity index is 2.22. The number of carboxylic acid groups (broad SMARTS) is 2. The maximum Gasteiger partial charge on any atom is 0.309 e. The third kappa shape index (κ3) is 1.60. The van der Waals surface area contributed by atoms with Crippen molar-refractivity contribution in [2.24, 2.45) is 17.3 Å². The minimum Gasteiger partial charge on any atom is -0.481 e. The molecule has 2 N–H and O–H groups in total. The molecule has 2 saturated carbocycles. The Morgan fingerprint density at radius 3 is 2.06 bits per heavy atom. The quantitative estimate of drug-likeness (QED) is 0.773. The van der Waals surface area contributed by atoms with Gasteiger partial charge in [-0.3, -0.25) is 9.59 Å². The summed E-state index contributed by atoms with van der Waals surface area (Å²) in [4.78, 5) is 22.6. The van der Waals surface area contributed by atoms with Crippen molar-refractivity contribution >= 4 is 11.9 Å². The number of carbonyl (C=O) groups is 2. The van der Waals surface area contributed by atoms with E-state index in [9.17, 15) is 19.8 Å². The first-order chi connectivity index (χ1) is 7.58. The van der Waals surface area contributed by atoms with E-state index in [0.29, 0.717) is 19.3 Å². The van der Waals surface area contributed by atoms with E-state index in [1.807, 2.05) is 0 Å². The zero-order valence-corrected chi connectivity index (χ0v) is 9.32. The Morgan fingerprint density at radius 2 is 1.62 bits per heavy atom. The molecule has 4 heteroatoms. The fourth-order valence-electron chi connectivity index (χ4n) is 3.39. The zero-order valence-electron chi connectivity index (χ0n) is 9.32. The van der Waals surface area contributed by atoms with Gasteiger partial charge in [0.25, 0.3) is 0 Å². The highest BCUT2D eigenvalue weighted by atomic mass is 16.4. The summed E-state index contributed by atoms with van der Waals surface area (Å²) in [7, 11) is 0. The van der Waals surface area contributed by atoms with Crippen LogP contribution in [0, 0.1) is 17.3 Å². The minimum atomic E-state index is -0.808. The van der Waals surface area contributed by atoms with Crippen LogP contribution in [0.1, 0.15) is 44.9 Å². The Bertz CT molecular complexity index is 306. The predicted molar refractivity (Wildman–Crippen MR) is 57.0 cm³/mol. The van der Waals surface area contributed by atoms with Crippen molar-refractivity contribution in [2.75, 3.05) is 0 Å². The van der Waals surface area contributed by atoms with Crippen molar-refractivity contribution < 1.29 is 19.8 Å². The van der Waals surface area contributed by atoms with Crippen LogP contribution < -0.4 is 0 Å². The Labute approximate surface area is 94.7 Å². The van der Waals surface area contributed by atoms with Crippen LogP contribution in [0.3, 0.4) is 0 Å². The van der Waals surface area contributed by atoms with Crippen LogP contribution in [0.15, 0.2) is 0 Å². The number of carboxylic acids is 2. The highest BCUT2D eigenvalue weighted by Crippen LogP contribution is 2.54. The van der Waals surface area contributed by atoms with Gasteiger partial charge in [-0.25, -0.2) is 0 Å². The molecule has 0 aliphatic heterocycles. The van der Waals surface area contributed by atoms with Crippen molar-refractivity contribution in [1.29, 1.82) is 0 Å². The third-order valence-corrected chi connectivity index (χ3v) is 4.46. The number of hydrogen-bond acceptors (Lipinski definition) is 2. The van der Waals surface area contributed by atoms with E-state index in [4.69, 9.17) is 0 Å². The van der Waals surface area contributed by atoms with Crippen molar-refractivity contribution in [1.82, 2.24) is 0 Å². The summed E-state index contributed by atoms with van der Waals surface area (Å²) in [6, 6.07) is 0. The van der Waals surface area contributed by atoms with E-state index in [-0.39, 0.29) is 5.92 Å². The lowest BCUT2D eigenvalue weighted by Gasteiger charge is -2.48. The highest BCUT2D eigenvalue weighted by Gasteiger charge is 2.54. The van der Waals surface area contributed by atoms with Crippen LogP contribution in [-0.4, -0.2) is 22.2 Å². The molecule has 16 heavy (non-hydrogen) atoms. The lowest BCUT2D eigenvalue weighted by atomic mass is 9.54. The molecule has 90 valence electrons. The first-order valence-corrected chi connectivity index (χ1v) is 6.04.